The Bertz CT molecular complexity index is 3150. The van der Waals surface area contributed by atoms with Gasteiger partial charge < -0.3 is 29.2 Å². The monoisotopic (exact) mass is 1020 g/mol. The second kappa shape index (κ2) is 23.2. The zero-order valence-electron chi connectivity index (χ0n) is 43.3. The number of hydrogen-bond acceptors (Lipinski definition) is 10. The summed E-state index contributed by atoms with van der Waals surface area (Å²) in [6, 6.07) is 20.4. The Morgan fingerprint density at radius 2 is 1.46 bits per heavy atom. The first-order chi connectivity index (χ1) is 34.3. The number of rotatable bonds is 21. The number of aliphatic hydroxyl groups excluding tert-OH is 1. The molecule has 0 aliphatic heterocycles. The molecule has 4 heterocycles. The van der Waals surface area contributed by atoms with E-state index in [1.54, 1.807) is 25.4 Å². The summed E-state index contributed by atoms with van der Waals surface area (Å²) in [5.41, 5.74) is 10.3. The van der Waals surface area contributed by atoms with Gasteiger partial charge in [0.05, 0.1) is 23.8 Å². The third-order valence-corrected chi connectivity index (χ3v) is 16.0. The van der Waals surface area contributed by atoms with Crippen LogP contribution in [-0.4, -0.2) is 110 Å². The number of nitrogens with zero attached hydrogens (tertiary/aromatic N) is 7. The van der Waals surface area contributed by atoms with Crippen LogP contribution in [-0.2, 0) is 42.3 Å². The van der Waals surface area contributed by atoms with Crippen molar-refractivity contribution in [1.82, 2.24) is 44.4 Å². The number of aromatic amines is 2. The molecule has 8 aromatic rings. The largest absolute Gasteiger partial charge is 0.505 e. The number of aliphatic hydroxyl groups is 1. The van der Waals surface area contributed by atoms with E-state index in [0.717, 1.165) is 85.7 Å². The van der Waals surface area contributed by atoms with Gasteiger partial charge in [0.2, 0.25) is 0 Å². The van der Waals surface area contributed by atoms with Crippen LogP contribution in [0.1, 0.15) is 46.7 Å². The lowest BCUT2D eigenvalue weighted by Crippen LogP contribution is -2.22. The average molecular weight is 1020 g/mol. The highest BCUT2D eigenvalue weighted by Gasteiger charge is 2.22. The van der Waals surface area contributed by atoms with Gasteiger partial charge >= 0.3 is 0 Å². The Morgan fingerprint density at radius 1 is 0.819 bits per heavy atom. The fourth-order valence-electron chi connectivity index (χ4n) is 8.39. The molecule has 0 atom stereocenters. The van der Waals surface area contributed by atoms with Crippen LogP contribution in [0.4, 0.5) is 8.78 Å². The first-order valence-electron chi connectivity index (χ1n) is 24.6. The van der Waals surface area contributed by atoms with Gasteiger partial charge in [0.15, 0.2) is 29.5 Å². The molecule has 0 saturated carbocycles. The summed E-state index contributed by atoms with van der Waals surface area (Å²) in [5, 5.41) is 32.9. The van der Waals surface area contributed by atoms with Crippen molar-refractivity contribution in [3.8, 4) is 51.0 Å². The lowest BCUT2D eigenvalue weighted by Gasteiger charge is -2.16. The van der Waals surface area contributed by atoms with Crippen molar-refractivity contribution < 1.29 is 33.3 Å². The maximum atomic E-state index is 14.7. The molecular weight excluding hydrogens is 949 g/mol. The Hall–Kier alpha value is -6.16. The Labute approximate surface area is 422 Å². The number of H-pyrrole nitrogens is 2. The number of likely N-dealkylation sites (N-methyl/N-ethyl adjacent to an activating group) is 1. The topological polar surface area (TPSA) is 172 Å². The highest BCUT2D eigenvalue weighted by molar-refractivity contribution is 6.76. The minimum absolute atomic E-state index is 0.106. The van der Waals surface area contributed by atoms with Gasteiger partial charge in [0.25, 0.3) is 0 Å². The molecule has 0 fully saturated rings. The second-order valence-corrected chi connectivity index (χ2v) is 32.1. The van der Waals surface area contributed by atoms with Gasteiger partial charge in [0, 0.05) is 65.1 Å². The molecule has 382 valence electrons. The predicted molar refractivity (Wildman–Crippen MR) is 288 cm³/mol. The van der Waals surface area contributed by atoms with Crippen LogP contribution in [0.15, 0.2) is 73.1 Å². The summed E-state index contributed by atoms with van der Waals surface area (Å²) in [5.74, 6) is 0.0370. The molecule has 0 spiro atoms. The van der Waals surface area contributed by atoms with Gasteiger partial charge in [-0.2, -0.15) is 10.2 Å². The van der Waals surface area contributed by atoms with Crippen LogP contribution in [0.2, 0.25) is 51.4 Å². The first kappa shape index (κ1) is 53.6. The normalized spacial score (nSPS) is 12.1. The SMILES string of the molecule is CCc1cc(C)c(F)cc1-c1ccc2c(-c3nc(C=O)cn3COCC[Si](C)(C)C)nn(COCC[Si](C)(C)C)c2c1.CCc1cc(O)c(F)cc1-c1ccc2c(-c3ncc(CN(C)CCO)[nH]3)n[nH]c2c1. The van der Waals surface area contributed by atoms with Crippen LogP contribution in [0.3, 0.4) is 0 Å². The summed E-state index contributed by atoms with van der Waals surface area (Å²) in [6.45, 7) is 23.0. The number of fused-ring (bicyclic) bond motifs is 2. The quantitative estimate of drug-likeness (QED) is 0.0308. The van der Waals surface area contributed by atoms with Crippen LogP contribution >= 0.6 is 0 Å². The molecule has 14 nitrogen and oxygen atoms in total. The lowest BCUT2D eigenvalue weighted by atomic mass is 9.95. The van der Waals surface area contributed by atoms with E-state index < -0.39 is 22.0 Å². The molecule has 0 aliphatic carbocycles. The highest BCUT2D eigenvalue weighted by atomic mass is 28.3. The number of aryl methyl sites for hydroxylation is 3. The van der Waals surface area contributed by atoms with Crippen molar-refractivity contribution in [2.24, 2.45) is 0 Å². The maximum Gasteiger partial charge on any atom is 0.170 e. The van der Waals surface area contributed by atoms with E-state index in [-0.39, 0.29) is 31.6 Å². The number of nitrogens with one attached hydrogen (secondary N) is 2. The number of benzene rings is 4. The van der Waals surface area contributed by atoms with Crippen molar-refractivity contribution in [2.75, 3.05) is 33.4 Å². The highest BCUT2D eigenvalue weighted by Crippen LogP contribution is 2.36. The van der Waals surface area contributed by atoms with Gasteiger partial charge in [-0.25, -0.2) is 23.4 Å². The number of ether oxygens (including phenoxy) is 2. The minimum Gasteiger partial charge on any atom is -0.505 e. The average Bonchev–Trinajstić information content (AvgIpc) is 4.15. The van der Waals surface area contributed by atoms with Gasteiger partial charge in [-0.3, -0.25) is 14.8 Å². The number of imidazole rings is 2. The number of phenols is 1. The van der Waals surface area contributed by atoms with E-state index in [4.69, 9.17) is 19.7 Å². The summed E-state index contributed by atoms with van der Waals surface area (Å²) < 4.78 is 44.5. The van der Waals surface area contributed by atoms with Crippen LogP contribution in [0.25, 0.3) is 67.1 Å². The number of carbonyl (C=O) groups excluding carboxylic acids is 1. The third kappa shape index (κ3) is 13.1. The van der Waals surface area contributed by atoms with E-state index in [1.807, 2.05) is 64.5 Å². The summed E-state index contributed by atoms with van der Waals surface area (Å²) in [7, 11) is -0.565. The minimum atomic E-state index is -1.26. The number of aromatic nitrogens is 8. The molecule has 18 heteroatoms. The van der Waals surface area contributed by atoms with Gasteiger partial charge in [-0.1, -0.05) is 71.3 Å². The molecule has 8 rings (SSSR count). The van der Waals surface area contributed by atoms with E-state index in [1.165, 1.54) is 12.1 Å². The van der Waals surface area contributed by atoms with Crippen LogP contribution in [0.5, 0.6) is 5.75 Å². The van der Waals surface area contributed by atoms with Crippen LogP contribution in [0, 0.1) is 18.6 Å². The number of halogens is 2. The van der Waals surface area contributed by atoms with E-state index >= 15 is 0 Å². The Kier molecular flexibility index (Phi) is 17.2. The fraction of sp³-hybridized carbons (Fsp3) is 0.389. The number of carbonyl (C=O) groups is 1. The molecular formula is C54H69F2N9O5Si2. The van der Waals surface area contributed by atoms with Crippen molar-refractivity contribution in [3.05, 3.63) is 113 Å². The maximum absolute atomic E-state index is 14.7. The summed E-state index contributed by atoms with van der Waals surface area (Å²) >= 11 is 0. The zero-order valence-corrected chi connectivity index (χ0v) is 45.3. The molecule has 0 amide bonds. The molecule has 4 N–H and O–H groups in total. The summed E-state index contributed by atoms with van der Waals surface area (Å²) in [6.07, 6.45) is 5.70. The molecule has 4 aromatic carbocycles. The van der Waals surface area contributed by atoms with Crippen LogP contribution < -0.4 is 0 Å². The molecule has 0 unspecified atom stereocenters. The van der Waals surface area contributed by atoms with Crippen molar-refractivity contribution in [2.45, 2.75) is 105 Å². The van der Waals surface area contributed by atoms with E-state index in [9.17, 15) is 18.7 Å². The second-order valence-electron chi connectivity index (χ2n) is 20.8. The van der Waals surface area contributed by atoms with E-state index in [2.05, 4.69) is 77.4 Å². The Morgan fingerprint density at radius 3 is 2.11 bits per heavy atom. The first-order valence-corrected chi connectivity index (χ1v) is 32.0. The molecule has 0 aliphatic rings. The predicted octanol–water partition coefficient (Wildman–Crippen LogP) is 11.5. The van der Waals surface area contributed by atoms with Crippen molar-refractivity contribution in [1.29, 1.82) is 0 Å². The molecule has 0 bridgehead atoms. The number of phenolic OH excluding ortho intramolecular Hbond substituents is 1. The fourth-order valence-corrected chi connectivity index (χ4v) is 9.91. The number of hydrogen-bond donors (Lipinski definition) is 4. The molecule has 0 saturated heterocycles. The van der Waals surface area contributed by atoms with Gasteiger partial charge in [-0.15, -0.1) is 0 Å². The van der Waals surface area contributed by atoms with Gasteiger partial charge in [-0.05, 0) is 120 Å². The number of aldehydes is 1. The van der Waals surface area contributed by atoms with E-state index in [0.29, 0.717) is 67.0 Å². The third-order valence-electron chi connectivity index (χ3n) is 12.6. The molecule has 4 aromatic heterocycles. The molecule has 72 heavy (non-hydrogen) atoms. The van der Waals surface area contributed by atoms with Crippen molar-refractivity contribution in [3.63, 3.8) is 0 Å². The van der Waals surface area contributed by atoms with Gasteiger partial charge in [0.1, 0.15) is 36.4 Å². The standard InChI is InChI=1S/C32H45FN4O3Si2.C22H24FN5O2/c1-9-24-16-23(2)29(33)18-28(24)25-10-11-27-30(17-25)37(22-40-13-15-42(6,7)8)35-31(27)32-34-26(20-38)19-36(32)21-39-12-14-41(3,4)5;1-3-13-9-20(30)18(23)10-17(13)14-4-5-16-19(8-14)26-27-21(16)22-24-11-15(25-22)12-28(2)6-7-29/h10-11,16-20H,9,12-15,21-22H2,1-8H3;4-5,8-11,29-30H,3,6-7,12H2,1-2H3,(H,24,25)(H,26,27). The lowest BCUT2D eigenvalue weighted by molar-refractivity contribution is 0.0816. The summed E-state index contributed by atoms with van der Waals surface area (Å²) in [4.78, 5) is 26.1. The molecule has 0 radical (unpaired) electrons. The Balaban J connectivity index is 0.000000223. The smallest absolute Gasteiger partial charge is 0.170 e. The number of aromatic hydroxyl groups is 1. The van der Waals surface area contributed by atoms with Crippen molar-refractivity contribution >= 4 is 44.2 Å². The zero-order chi connectivity index (χ0) is 51.9.